The molecule has 0 aliphatic carbocycles. The Balaban J connectivity index is 2.24. The van der Waals surface area contributed by atoms with E-state index in [1.165, 1.54) is 56.6 Å². The van der Waals surface area contributed by atoms with Crippen molar-refractivity contribution in [1.82, 2.24) is 4.31 Å². The normalized spacial score (nSPS) is 11.7. The van der Waals surface area contributed by atoms with Crippen LogP contribution in [0.15, 0.2) is 47.4 Å². The Kier molecular flexibility index (Phi) is 6.50. The van der Waals surface area contributed by atoms with E-state index in [9.17, 15) is 22.0 Å². The predicted octanol–water partition coefficient (Wildman–Crippen LogP) is 3.20. The van der Waals surface area contributed by atoms with Crippen molar-refractivity contribution in [2.75, 3.05) is 14.2 Å². The molecule has 0 amide bonds. The molecule has 0 N–H and O–H groups in total. The lowest BCUT2D eigenvalue weighted by Crippen LogP contribution is -2.27. The summed E-state index contributed by atoms with van der Waals surface area (Å²) in [5.74, 6) is -0.649. The van der Waals surface area contributed by atoms with Crippen LogP contribution < -0.4 is 4.74 Å². The largest absolute Gasteiger partial charge is 0.465 e. The van der Waals surface area contributed by atoms with Gasteiger partial charge in [-0.15, -0.1) is 0 Å². The van der Waals surface area contributed by atoms with Gasteiger partial charge in [-0.3, -0.25) is 0 Å². The highest BCUT2D eigenvalue weighted by Gasteiger charge is 2.24. The molecule has 9 heteroatoms. The van der Waals surface area contributed by atoms with Crippen LogP contribution in [-0.4, -0.2) is 39.5 Å². The van der Waals surface area contributed by atoms with Gasteiger partial charge in [0.25, 0.3) is 0 Å². The van der Waals surface area contributed by atoms with Crippen LogP contribution in [0.3, 0.4) is 0 Å². The van der Waals surface area contributed by atoms with Crippen molar-refractivity contribution < 1.29 is 31.5 Å². The number of halogens is 2. The Labute approximate surface area is 156 Å². The maximum Gasteiger partial charge on any atom is 0.387 e. The van der Waals surface area contributed by atoms with E-state index >= 15 is 0 Å². The lowest BCUT2D eigenvalue weighted by atomic mass is 10.1. The van der Waals surface area contributed by atoms with Crippen molar-refractivity contribution >= 4 is 16.0 Å². The minimum Gasteiger partial charge on any atom is -0.465 e. The maximum absolute atomic E-state index is 12.9. The standard InChI is InChI=1S/C18H19F2NO5S/c1-12-4-7-14(17(22)25-3)10-16(12)27(23,24)21(2)11-13-5-8-15(9-6-13)26-18(19)20/h4-10,18H,11H2,1-3H3. The Morgan fingerprint density at radius 2 is 1.78 bits per heavy atom. The smallest absolute Gasteiger partial charge is 0.387 e. The highest BCUT2D eigenvalue weighted by Crippen LogP contribution is 2.23. The third kappa shape index (κ3) is 5.01. The topological polar surface area (TPSA) is 72.9 Å². The van der Waals surface area contributed by atoms with Crippen LogP contribution >= 0.6 is 0 Å². The highest BCUT2D eigenvalue weighted by molar-refractivity contribution is 7.89. The summed E-state index contributed by atoms with van der Waals surface area (Å²) in [7, 11) is -1.28. The summed E-state index contributed by atoms with van der Waals surface area (Å²) in [4.78, 5) is 11.7. The van der Waals surface area contributed by atoms with E-state index in [2.05, 4.69) is 9.47 Å². The van der Waals surface area contributed by atoms with Crippen LogP contribution in [0.4, 0.5) is 8.78 Å². The first-order chi connectivity index (χ1) is 12.6. The minimum atomic E-state index is -3.89. The number of carbonyl (C=O) groups is 1. The summed E-state index contributed by atoms with van der Waals surface area (Å²) in [6.45, 7) is -1.29. The quantitative estimate of drug-likeness (QED) is 0.669. The number of carbonyl (C=O) groups excluding carboxylic acids is 1. The average Bonchev–Trinajstić information content (AvgIpc) is 2.62. The zero-order valence-electron chi connectivity index (χ0n) is 15.0. The number of nitrogens with zero attached hydrogens (tertiary/aromatic N) is 1. The van der Waals surface area contributed by atoms with Crippen LogP contribution in [0.2, 0.25) is 0 Å². The van der Waals surface area contributed by atoms with Crippen molar-refractivity contribution in [2.24, 2.45) is 0 Å². The summed E-state index contributed by atoms with van der Waals surface area (Å²) in [6, 6.07) is 9.97. The number of ether oxygens (including phenoxy) is 2. The van der Waals surface area contributed by atoms with Crippen molar-refractivity contribution in [3.63, 3.8) is 0 Å². The summed E-state index contributed by atoms with van der Waals surface area (Å²) in [5, 5.41) is 0. The lowest BCUT2D eigenvalue weighted by Gasteiger charge is -2.19. The molecule has 27 heavy (non-hydrogen) atoms. The van der Waals surface area contributed by atoms with Gasteiger partial charge in [-0.05, 0) is 42.3 Å². The second-order valence-corrected chi connectivity index (χ2v) is 7.77. The fourth-order valence-electron chi connectivity index (χ4n) is 2.41. The molecule has 0 unspecified atom stereocenters. The molecule has 0 aliphatic rings. The minimum absolute atomic E-state index is 0.00875. The molecular formula is C18H19F2NO5S. The fraction of sp³-hybridized carbons (Fsp3) is 0.278. The molecule has 146 valence electrons. The molecule has 0 saturated heterocycles. The number of sulfonamides is 1. The van der Waals surface area contributed by atoms with Gasteiger partial charge in [0, 0.05) is 13.6 Å². The number of hydrogen-bond donors (Lipinski definition) is 0. The Morgan fingerprint density at radius 1 is 1.15 bits per heavy atom. The van der Waals surface area contributed by atoms with Crippen LogP contribution in [-0.2, 0) is 21.3 Å². The first-order valence-corrected chi connectivity index (χ1v) is 9.28. The van der Waals surface area contributed by atoms with E-state index < -0.39 is 22.6 Å². The van der Waals surface area contributed by atoms with E-state index in [4.69, 9.17) is 0 Å². The first kappa shape index (κ1) is 20.8. The van der Waals surface area contributed by atoms with Gasteiger partial charge >= 0.3 is 12.6 Å². The molecule has 0 bridgehead atoms. The number of benzene rings is 2. The molecule has 0 saturated carbocycles. The van der Waals surface area contributed by atoms with Gasteiger partial charge in [0.05, 0.1) is 17.6 Å². The maximum atomic E-state index is 12.9. The summed E-state index contributed by atoms with van der Waals surface area (Å²) >= 11 is 0. The summed E-state index contributed by atoms with van der Waals surface area (Å²) < 4.78 is 60.1. The number of hydrogen-bond acceptors (Lipinski definition) is 5. The molecule has 0 aromatic heterocycles. The van der Waals surface area contributed by atoms with Gasteiger partial charge < -0.3 is 9.47 Å². The molecule has 0 aliphatic heterocycles. The molecule has 2 aromatic rings. The van der Waals surface area contributed by atoms with Gasteiger partial charge in [0.2, 0.25) is 10.0 Å². The molecular weight excluding hydrogens is 380 g/mol. The van der Waals surface area contributed by atoms with E-state index in [1.54, 1.807) is 6.92 Å². The monoisotopic (exact) mass is 399 g/mol. The van der Waals surface area contributed by atoms with Crippen molar-refractivity contribution in [2.45, 2.75) is 25.0 Å². The van der Waals surface area contributed by atoms with Gasteiger partial charge in [-0.25, -0.2) is 13.2 Å². The Bertz CT molecular complexity index is 914. The molecule has 0 atom stereocenters. The van der Waals surface area contributed by atoms with E-state index in [0.717, 1.165) is 4.31 Å². The molecule has 2 rings (SSSR count). The van der Waals surface area contributed by atoms with Crippen LogP contribution in [0.25, 0.3) is 0 Å². The van der Waals surface area contributed by atoms with Gasteiger partial charge in [0.1, 0.15) is 5.75 Å². The number of rotatable bonds is 7. The SMILES string of the molecule is COC(=O)c1ccc(C)c(S(=O)(=O)N(C)Cc2ccc(OC(F)F)cc2)c1. The highest BCUT2D eigenvalue weighted by atomic mass is 32.2. The van der Waals surface area contributed by atoms with Crippen molar-refractivity contribution in [1.29, 1.82) is 0 Å². The number of aryl methyl sites for hydroxylation is 1. The van der Waals surface area contributed by atoms with E-state index in [-0.39, 0.29) is 22.8 Å². The lowest BCUT2D eigenvalue weighted by molar-refractivity contribution is -0.0498. The Hall–Kier alpha value is -2.52. The van der Waals surface area contributed by atoms with Gasteiger partial charge in [-0.1, -0.05) is 18.2 Å². The molecule has 0 fully saturated rings. The number of esters is 1. The fourth-order valence-corrected chi connectivity index (χ4v) is 3.81. The van der Waals surface area contributed by atoms with Crippen LogP contribution in [0.5, 0.6) is 5.75 Å². The third-order valence-corrected chi connectivity index (χ3v) is 5.80. The molecule has 0 heterocycles. The number of alkyl halides is 2. The van der Waals surface area contributed by atoms with Gasteiger partial charge in [-0.2, -0.15) is 13.1 Å². The zero-order chi connectivity index (χ0) is 20.2. The first-order valence-electron chi connectivity index (χ1n) is 7.84. The molecule has 0 radical (unpaired) electrons. The zero-order valence-corrected chi connectivity index (χ0v) is 15.8. The van der Waals surface area contributed by atoms with E-state index in [1.807, 2.05) is 0 Å². The summed E-state index contributed by atoms with van der Waals surface area (Å²) in [6.07, 6.45) is 0. The second-order valence-electron chi connectivity index (χ2n) is 5.76. The average molecular weight is 399 g/mol. The van der Waals surface area contributed by atoms with Crippen molar-refractivity contribution in [3.05, 3.63) is 59.2 Å². The third-order valence-electron chi connectivity index (χ3n) is 3.85. The number of methoxy groups -OCH3 is 1. The molecule has 6 nitrogen and oxygen atoms in total. The second kappa shape index (κ2) is 8.45. The molecule has 2 aromatic carbocycles. The predicted molar refractivity (Wildman–Crippen MR) is 94.2 cm³/mol. The van der Waals surface area contributed by atoms with Crippen molar-refractivity contribution in [3.8, 4) is 5.75 Å². The Morgan fingerprint density at radius 3 is 2.33 bits per heavy atom. The van der Waals surface area contributed by atoms with Crippen LogP contribution in [0, 0.1) is 6.92 Å². The summed E-state index contributed by atoms with van der Waals surface area (Å²) in [5.41, 5.74) is 1.20. The van der Waals surface area contributed by atoms with Gasteiger partial charge in [0.15, 0.2) is 0 Å². The van der Waals surface area contributed by atoms with E-state index in [0.29, 0.717) is 11.1 Å². The molecule has 0 spiro atoms. The van der Waals surface area contributed by atoms with Crippen LogP contribution in [0.1, 0.15) is 21.5 Å².